The molecule has 2 nitrogen and oxygen atoms in total. The number of hydrazine groups is 1. The minimum atomic E-state index is 1.14. The average molecular weight is 200 g/mol. The molecule has 0 aromatic carbocycles. The second kappa shape index (κ2) is 9.47. The summed E-state index contributed by atoms with van der Waals surface area (Å²) in [5, 5.41) is 5.00. The fourth-order valence-electron chi connectivity index (χ4n) is 1.70. The minimum absolute atomic E-state index is 1.14. The van der Waals surface area contributed by atoms with Gasteiger partial charge in [-0.2, -0.15) is 0 Å². The van der Waals surface area contributed by atoms with Crippen LogP contribution >= 0.6 is 0 Å². The smallest absolute Gasteiger partial charge is 0.0133 e. The maximum absolute atomic E-state index is 2.53. The van der Waals surface area contributed by atoms with E-state index >= 15 is 0 Å². The molecule has 0 spiro atoms. The van der Waals surface area contributed by atoms with Crippen LogP contribution in [0.2, 0.25) is 0 Å². The lowest BCUT2D eigenvalue weighted by molar-refractivity contribution is -0.0184. The Hall–Kier alpha value is -0.0800. The Morgan fingerprint density at radius 2 is 1.07 bits per heavy atom. The van der Waals surface area contributed by atoms with E-state index < -0.39 is 0 Å². The first-order valence-electron chi connectivity index (χ1n) is 6.29. The summed E-state index contributed by atoms with van der Waals surface area (Å²) in [5.41, 5.74) is 0. The Labute approximate surface area is 90.2 Å². The maximum Gasteiger partial charge on any atom is 0.0133 e. The SMILES string of the molecule is CCCCN(CCCC)N(CC)CC. The Bertz CT molecular complexity index is 103. The molecule has 0 radical (unpaired) electrons. The van der Waals surface area contributed by atoms with Gasteiger partial charge in [0.05, 0.1) is 0 Å². The Morgan fingerprint density at radius 3 is 1.36 bits per heavy atom. The van der Waals surface area contributed by atoms with Gasteiger partial charge in [-0.1, -0.05) is 40.5 Å². The van der Waals surface area contributed by atoms with Crippen molar-refractivity contribution in [2.24, 2.45) is 0 Å². The molecule has 0 atom stereocenters. The number of hydrogen-bond donors (Lipinski definition) is 0. The van der Waals surface area contributed by atoms with Crippen LogP contribution in [0.4, 0.5) is 0 Å². The Kier molecular flexibility index (Phi) is 9.42. The molecule has 14 heavy (non-hydrogen) atoms. The Balaban J connectivity index is 3.92. The van der Waals surface area contributed by atoms with Gasteiger partial charge in [-0.05, 0) is 12.8 Å². The van der Waals surface area contributed by atoms with Crippen molar-refractivity contribution in [2.75, 3.05) is 26.2 Å². The minimum Gasteiger partial charge on any atom is -0.242 e. The first kappa shape index (κ1) is 13.9. The highest BCUT2D eigenvalue weighted by atomic mass is 15.6. The van der Waals surface area contributed by atoms with Gasteiger partial charge in [-0.25, -0.2) is 10.0 Å². The van der Waals surface area contributed by atoms with Crippen LogP contribution in [0.3, 0.4) is 0 Å². The van der Waals surface area contributed by atoms with E-state index in [9.17, 15) is 0 Å². The predicted molar refractivity (Wildman–Crippen MR) is 64.3 cm³/mol. The molecule has 0 unspecified atom stereocenters. The van der Waals surface area contributed by atoms with E-state index in [0.29, 0.717) is 0 Å². The normalized spacial score (nSPS) is 11.6. The summed E-state index contributed by atoms with van der Waals surface area (Å²) < 4.78 is 0. The molecule has 0 aromatic rings. The summed E-state index contributed by atoms with van der Waals surface area (Å²) in [4.78, 5) is 0. The lowest BCUT2D eigenvalue weighted by atomic mass is 10.3. The van der Waals surface area contributed by atoms with E-state index in [4.69, 9.17) is 0 Å². The molecule has 0 rings (SSSR count). The van der Waals surface area contributed by atoms with Crippen molar-refractivity contribution in [3.8, 4) is 0 Å². The summed E-state index contributed by atoms with van der Waals surface area (Å²) in [6.07, 6.45) is 5.23. The van der Waals surface area contributed by atoms with Crippen LogP contribution in [0.5, 0.6) is 0 Å². The fourth-order valence-corrected chi connectivity index (χ4v) is 1.70. The molecular weight excluding hydrogens is 172 g/mol. The van der Waals surface area contributed by atoms with Gasteiger partial charge in [-0.15, -0.1) is 0 Å². The molecule has 0 N–H and O–H groups in total. The summed E-state index contributed by atoms with van der Waals surface area (Å²) in [6, 6.07) is 0. The second-order valence-corrected chi connectivity index (χ2v) is 3.80. The molecule has 0 aliphatic carbocycles. The number of rotatable bonds is 9. The summed E-state index contributed by atoms with van der Waals surface area (Å²) in [6.45, 7) is 13.8. The van der Waals surface area contributed by atoms with Crippen LogP contribution in [0.15, 0.2) is 0 Å². The van der Waals surface area contributed by atoms with Crippen LogP contribution in [0.25, 0.3) is 0 Å². The van der Waals surface area contributed by atoms with Crippen LogP contribution < -0.4 is 0 Å². The summed E-state index contributed by atoms with van der Waals surface area (Å²) >= 11 is 0. The van der Waals surface area contributed by atoms with Crippen molar-refractivity contribution in [3.63, 3.8) is 0 Å². The molecule has 0 saturated carbocycles. The van der Waals surface area contributed by atoms with E-state index in [0.717, 1.165) is 13.1 Å². The van der Waals surface area contributed by atoms with Gasteiger partial charge in [0.1, 0.15) is 0 Å². The van der Waals surface area contributed by atoms with E-state index in [1.807, 2.05) is 0 Å². The van der Waals surface area contributed by atoms with E-state index in [2.05, 4.69) is 37.7 Å². The maximum atomic E-state index is 2.53. The zero-order valence-electron chi connectivity index (χ0n) is 10.6. The van der Waals surface area contributed by atoms with Crippen molar-refractivity contribution < 1.29 is 0 Å². The third kappa shape index (κ3) is 5.61. The zero-order valence-corrected chi connectivity index (χ0v) is 10.6. The molecule has 0 bridgehead atoms. The monoisotopic (exact) mass is 200 g/mol. The molecule has 86 valence electrons. The van der Waals surface area contributed by atoms with E-state index in [1.165, 1.54) is 38.8 Å². The second-order valence-electron chi connectivity index (χ2n) is 3.80. The van der Waals surface area contributed by atoms with Crippen LogP contribution in [0.1, 0.15) is 53.4 Å². The van der Waals surface area contributed by atoms with Crippen molar-refractivity contribution >= 4 is 0 Å². The van der Waals surface area contributed by atoms with Gasteiger partial charge >= 0.3 is 0 Å². The number of unbranched alkanes of at least 4 members (excludes halogenated alkanes) is 2. The van der Waals surface area contributed by atoms with Crippen molar-refractivity contribution in [1.82, 2.24) is 10.0 Å². The molecule has 0 fully saturated rings. The van der Waals surface area contributed by atoms with Gasteiger partial charge < -0.3 is 0 Å². The lowest BCUT2D eigenvalue weighted by Crippen LogP contribution is -2.43. The predicted octanol–water partition coefficient (Wildman–Crippen LogP) is 3.15. The van der Waals surface area contributed by atoms with Crippen LogP contribution in [0, 0.1) is 0 Å². The number of hydrogen-bond acceptors (Lipinski definition) is 2. The highest BCUT2D eigenvalue weighted by molar-refractivity contribution is 4.55. The molecule has 0 amide bonds. The number of nitrogens with zero attached hydrogens (tertiary/aromatic N) is 2. The molecule has 0 heterocycles. The molecule has 0 saturated heterocycles. The summed E-state index contributed by atoms with van der Waals surface area (Å²) in [5.74, 6) is 0. The largest absolute Gasteiger partial charge is 0.242 e. The van der Waals surface area contributed by atoms with Gasteiger partial charge in [0.25, 0.3) is 0 Å². The third-order valence-electron chi connectivity index (χ3n) is 2.67. The van der Waals surface area contributed by atoms with Gasteiger partial charge in [0.2, 0.25) is 0 Å². The van der Waals surface area contributed by atoms with E-state index in [-0.39, 0.29) is 0 Å². The molecule has 0 aliphatic heterocycles. The van der Waals surface area contributed by atoms with Crippen LogP contribution in [-0.4, -0.2) is 36.2 Å². The topological polar surface area (TPSA) is 6.48 Å². The molecule has 0 aliphatic rings. The first-order chi connectivity index (χ1) is 6.79. The average Bonchev–Trinajstić information content (AvgIpc) is 2.22. The highest BCUT2D eigenvalue weighted by Crippen LogP contribution is 2.03. The van der Waals surface area contributed by atoms with Crippen molar-refractivity contribution in [1.29, 1.82) is 0 Å². The molecular formula is C12H28N2. The lowest BCUT2D eigenvalue weighted by Gasteiger charge is -2.33. The summed E-state index contributed by atoms with van der Waals surface area (Å²) in [7, 11) is 0. The third-order valence-corrected chi connectivity index (χ3v) is 2.67. The molecule has 2 heteroatoms. The highest BCUT2D eigenvalue weighted by Gasteiger charge is 2.09. The van der Waals surface area contributed by atoms with Crippen molar-refractivity contribution in [3.05, 3.63) is 0 Å². The molecule has 0 aromatic heterocycles. The first-order valence-corrected chi connectivity index (χ1v) is 6.29. The van der Waals surface area contributed by atoms with Gasteiger partial charge in [-0.3, -0.25) is 0 Å². The fraction of sp³-hybridized carbons (Fsp3) is 1.00. The van der Waals surface area contributed by atoms with Crippen LogP contribution in [-0.2, 0) is 0 Å². The van der Waals surface area contributed by atoms with Crippen molar-refractivity contribution in [2.45, 2.75) is 53.4 Å². The quantitative estimate of drug-likeness (QED) is 0.528. The zero-order chi connectivity index (χ0) is 10.8. The van der Waals surface area contributed by atoms with Gasteiger partial charge in [0, 0.05) is 26.2 Å². The van der Waals surface area contributed by atoms with Gasteiger partial charge in [0.15, 0.2) is 0 Å². The standard InChI is InChI=1S/C12H28N2/c1-5-9-11-14(12-10-6-2)13(7-3)8-4/h5-12H2,1-4H3. The van der Waals surface area contributed by atoms with E-state index in [1.54, 1.807) is 0 Å². The Morgan fingerprint density at radius 1 is 0.643 bits per heavy atom.